The molecule has 2 rings (SSSR count). The van der Waals surface area contributed by atoms with E-state index in [0.717, 1.165) is 24.8 Å². The third kappa shape index (κ3) is 2.76. The van der Waals surface area contributed by atoms with Gasteiger partial charge in [-0.3, -0.25) is 0 Å². The smallest absolute Gasteiger partial charge is 0.331 e. The fourth-order valence-electron chi connectivity index (χ4n) is 2.29. The molecule has 0 aromatic heterocycles. The predicted molar refractivity (Wildman–Crippen MR) is 68.7 cm³/mol. The molecule has 1 aliphatic rings. The molecule has 0 fully saturated rings. The molecule has 1 aromatic carbocycles. The number of fused-ring (bicyclic) bond motifs is 1. The Morgan fingerprint density at radius 1 is 1.41 bits per heavy atom. The van der Waals surface area contributed by atoms with E-state index in [1.165, 1.54) is 16.7 Å². The van der Waals surface area contributed by atoms with Crippen LogP contribution in [0.15, 0.2) is 24.3 Å². The Kier molecular flexibility index (Phi) is 3.62. The zero-order valence-electron chi connectivity index (χ0n) is 10.5. The molecule has 0 saturated carbocycles. The summed E-state index contributed by atoms with van der Waals surface area (Å²) in [5, 5.41) is 0. The van der Waals surface area contributed by atoms with Crippen LogP contribution in [0.25, 0.3) is 5.57 Å². The highest BCUT2D eigenvalue weighted by Crippen LogP contribution is 2.31. The van der Waals surface area contributed by atoms with Gasteiger partial charge in [0.2, 0.25) is 0 Å². The summed E-state index contributed by atoms with van der Waals surface area (Å²) < 4.78 is 4.97. The van der Waals surface area contributed by atoms with Crippen molar-refractivity contribution in [3.63, 3.8) is 0 Å². The van der Waals surface area contributed by atoms with Crippen LogP contribution in [0.5, 0.6) is 0 Å². The number of rotatable bonds is 2. The maximum absolute atomic E-state index is 11.5. The van der Waals surface area contributed by atoms with Crippen LogP contribution in [0.1, 0.15) is 36.5 Å². The molecule has 0 amide bonds. The monoisotopic (exact) mass is 230 g/mol. The van der Waals surface area contributed by atoms with Crippen molar-refractivity contribution >= 4 is 11.5 Å². The van der Waals surface area contributed by atoms with E-state index >= 15 is 0 Å². The molecule has 0 radical (unpaired) electrons. The number of benzene rings is 1. The molecule has 2 nitrogen and oxygen atoms in total. The molecule has 0 spiro atoms. The molecule has 0 heterocycles. The number of aryl methyl sites for hydroxylation is 2. The summed E-state index contributed by atoms with van der Waals surface area (Å²) in [6, 6.07) is 6.47. The highest BCUT2D eigenvalue weighted by molar-refractivity contribution is 5.92. The summed E-state index contributed by atoms with van der Waals surface area (Å²) in [4.78, 5) is 11.5. The quantitative estimate of drug-likeness (QED) is 0.575. The second kappa shape index (κ2) is 5.17. The average Bonchev–Trinajstić information content (AvgIpc) is 2.30. The first kappa shape index (κ1) is 11.9. The van der Waals surface area contributed by atoms with Gasteiger partial charge in [-0.1, -0.05) is 23.8 Å². The van der Waals surface area contributed by atoms with Crippen molar-refractivity contribution in [3.8, 4) is 0 Å². The summed E-state index contributed by atoms with van der Waals surface area (Å²) in [6.45, 7) is 4.34. The summed E-state index contributed by atoms with van der Waals surface area (Å²) in [7, 11) is 0. The number of ether oxygens (including phenoxy) is 1. The van der Waals surface area contributed by atoms with Crippen LogP contribution < -0.4 is 0 Å². The summed E-state index contributed by atoms with van der Waals surface area (Å²) in [6.07, 6.45) is 4.84. The van der Waals surface area contributed by atoms with Crippen LogP contribution in [-0.4, -0.2) is 12.6 Å². The molecule has 0 bridgehead atoms. The van der Waals surface area contributed by atoms with Gasteiger partial charge in [0, 0.05) is 6.08 Å². The molecule has 0 atom stereocenters. The van der Waals surface area contributed by atoms with Crippen LogP contribution in [-0.2, 0) is 16.0 Å². The number of hydrogen-bond acceptors (Lipinski definition) is 2. The molecule has 0 saturated heterocycles. The van der Waals surface area contributed by atoms with E-state index in [-0.39, 0.29) is 5.97 Å². The number of allylic oxidation sites excluding steroid dienone is 1. The minimum atomic E-state index is -0.225. The molecule has 0 aliphatic heterocycles. The van der Waals surface area contributed by atoms with E-state index in [4.69, 9.17) is 4.74 Å². The molecule has 90 valence electrons. The lowest BCUT2D eigenvalue weighted by molar-refractivity contribution is -0.137. The normalized spacial score (nSPS) is 16.7. The minimum Gasteiger partial charge on any atom is -0.463 e. The maximum Gasteiger partial charge on any atom is 0.331 e. The Morgan fingerprint density at radius 2 is 2.24 bits per heavy atom. The fraction of sp³-hybridized carbons (Fsp3) is 0.400. The number of hydrogen-bond donors (Lipinski definition) is 0. The Bertz CT molecular complexity index is 458. The average molecular weight is 230 g/mol. The Morgan fingerprint density at radius 3 is 3.00 bits per heavy atom. The number of carbonyl (C=O) groups excluding carboxylic acids is 1. The molecular formula is C15H18O2. The lowest BCUT2D eigenvalue weighted by atomic mass is 9.86. The van der Waals surface area contributed by atoms with Gasteiger partial charge in [0.05, 0.1) is 6.61 Å². The van der Waals surface area contributed by atoms with Crippen molar-refractivity contribution in [2.24, 2.45) is 0 Å². The molecule has 17 heavy (non-hydrogen) atoms. The van der Waals surface area contributed by atoms with Crippen LogP contribution in [0.4, 0.5) is 0 Å². The van der Waals surface area contributed by atoms with Crippen LogP contribution >= 0.6 is 0 Å². The van der Waals surface area contributed by atoms with E-state index in [9.17, 15) is 4.79 Å². The van der Waals surface area contributed by atoms with Crippen LogP contribution in [0, 0.1) is 6.92 Å². The van der Waals surface area contributed by atoms with Crippen molar-refractivity contribution in [2.75, 3.05) is 6.61 Å². The van der Waals surface area contributed by atoms with Crippen molar-refractivity contribution < 1.29 is 9.53 Å². The molecule has 0 N–H and O–H groups in total. The molecular weight excluding hydrogens is 212 g/mol. The maximum atomic E-state index is 11.5. The van der Waals surface area contributed by atoms with Gasteiger partial charge in [-0.25, -0.2) is 4.79 Å². The first-order chi connectivity index (χ1) is 8.20. The van der Waals surface area contributed by atoms with E-state index in [1.807, 2.05) is 6.92 Å². The van der Waals surface area contributed by atoms with Crippen molar-refractivity contribution in [2.45, 2.75) is 33.1 Å². The van der Waals surface area contributed by atoms with Gasteiger partial charge in [-0.05, 0) is 49.8 Å². The Hall–Kier alpha value is -1.57. The zero-order chi connectivity index (χ0) is 12.3. The van der Waals surface area contributed by atoms with Gasteiger partial charge < -0.3 is 4.74 Å². The van der Waals surface area contributed by atoms with E-state index in [0.29, 0.717) is 6.61 Å². The van der Waals surface area contributed by atoms with Crippen molar-refractivity contribution in [1.29, 1.82) is 0 Å². The second-order valence-corrected chi connectivity index (χ2v) is 4.44. The highest BCUT2D eigenvalue weighted by Gasteiger charge is 2.15. The van der Waals surface area contributed by atoms with Gasteiger partial charge in [-0.15, -0.1) is 0 Å². The largest absolute Gasteiger partial charge is 0.463 e. The predicted octanol–water partition coefficient (Wildman–Crippen LogP) is 3.28. The second-order valence-electron chi connectivity index (χ2n) is 4.44. The van der Waals surface area contributed by atoms with Gasteiger partial charge in [0.25, 0.3) is 0 Å². The minimum absolute atomic E-state index is 0.225. The van der Waals surface area contributed by atoms with Crippen molar-refractivity contribution in [1.82, 2.24) is 0 Å². The SMILES string of the molecule is CCOC(=O)/C=C1/CCCc2ccc(C)cc21. The summed E-state index contributed by atoms with van der Waals surface area (Å²) >= 11 is 0. The Labute approximate surface area is 102 Å². The lowest BCUT2D eigenvalue weighted by Gasteiger charge is -2.19. The van der Waals surface area contributed by atoms with Crippen LogP contribution in [0.2, 0.25) is 0 Å². The number of carbonyl (C=O) groups is 1. The summed E-state index contributed by atoms with van der Waals surface area (Å²) in [5.41, 5.74) is 4.93. The first-order valence-corrected chi connectivity index (χ1v) is 6.18. The Balaban J connectivity index is 2.33. The molecule has 2 heteroatoms. The van der Waals surface area contributed by atoms with Gasteiger partial charge in [-0.2, -0.15) is 0 Å². The molecule has 0 unspecified atom stereocenters. The third-order valence-electron chi connectivity index (χ3n) is 3.08. The standard InChI is InChI=1S/C15H18O2/c1-3-17-15(16)10-13-6-4-5-12-8-7-11(2)9-14(12)13/h7-10H,3-6H2,1-2H3/b13-10-. The van der Waals surface area contributed by atoms with Crippen LogP contribution in [0.3, 0.4) is 0 Å². The third-order valence-corrected chi connectivity index (χ3v) is 3.08. The van der Waals surface area contributed by atoms with Gasteiger partial charge >= 0.3 is 5.97 Å². The topological polar surface area (TPSA) is 26.3 Å². The van der Waals surface area contributed by atoms with Gasteiger partial charge in [0.15, 0.2) is 0 Å². The van der Waals surface area contributed by atoms with E-state index in [1.54, 1.807) is 6.08 Å². The fourth-order valence-corrected chi connectivity index (χ4v) is 2.29. The first-order valence-electron chi connectivity index (χ1n) is 6.18. The van der Waals surface area contributed by atoms with Gasteiger partial charge in [0.1, 0.15) is 0 Å². The van der Waals surface area contributed by atoms with E-state index in [2.05, 4.69) is 25.1 Å². The highest BCUT2D eigenvalue weighted by atomic mass is 16.5. The van der Waals surface area contributed by atoms with E-state index < -0.39 is 0 Å². The molecule has 1 aromatic rings. The number of esters is 1. The summed E-state index contributed by atoms with van der Waals surface area (Å²) in [5.74, 6) is -0.225. The lowest BCUT2D eigenvalue weighted by Crippen LogP contribution is -2.06. The zero-order valence-corrected chi connectivity index (χ0v) is 10.5. The molecule has 1 aliphatic carbocycles. The van der Waals surface area contributed by atoms with Crippen molar-refractivity contribution in [3.05, 3.63) is 41.0 Å².